The number of carbonyl (C=O) groups excluding carboxylic acids is 1. The predicted molar refractivity (Wildman–Crippen MR) is 106 cm³/mol. The molecule has 4 aromatic rings. The Morgan fingerprint density at radius 3 is 2.67 bits per heavy atom. The van der Waals surface area contributed by atoms with Gasteiger partial charge in [-0.25, -0.2) is 4.98 Å². The lowest BCUT2D eigenvalue weighted by Gasteiger charge is -2.11. The number of rotatable bonds is 5. The summed E-state index contributed by atoms with van der Waals surface area (Å²) < 4.78 is 1.91. The third-order valence-corrected chi connectivity index (χ3v) is 4.68. The Morgan fingerprint density at radius 1 is 1.04 bits per heavy atom. The standard InChI is InChI=1S/C21H17ClN4O/c22-17-8-2-1-6-15(17)13-24-20(27)14-26-19-10-4-3-9-18(19)25-21(26)16-7-5-11-23-12-16/h1-12H,13-14H2,(H,24,27). The first-order chi connectivity index (χ1) is 13.2. The molecule has 134 valence electrons. The molecule has 0 bridgehead atoms. The van der Waals surface area contributed by atoms with Crippen LogP contribution in [-0.2, 0) is 17.9 Å². The summed E-state index contributed by atoms with van der Waals surface area (Å²) in [6, 6.07) is 19.0. The summed E-state index contributed by atoms with van der Waals surface area (Å²) in [4.78, 5) is 21.5. The lowest BCUT2D eigenvalue weighted by molar-refractivity contribution is -0.121. The number of pyridine rings is 1. The van der Waals surface area contributed by atoms with Gasteiger partial charge in [-0.2, -0.15) is 0 Å². The van der Waals surface area contributed by atoms with Crippen LogP contribution in [0.4, 0.5) is 0 Å². The Balaban J connectivity index is 1.61. The first kappa shape index (κ1) is 17.2. The molecular weight excluding hydrogens is 360 g/mol. The molecule has 0 saturated carbocycles. The molecule has 0 saturated heterocycles. The highest BCUT2D eigenvalue weighted by molar-refractivity contribution is 6.31. The smallest absolute Gasteiger partial charge is 0.240 e. The molecule has 0 aliphatic carbocycles. The summed E-state index contributed by atoms with van der Waals surface area (Å²) in [6.45, 7) is 0.544. The van der Waals surface area contributed by atoms with Crippen molar-refractivity contribution in [3.8, 4) is 11.4 Å². The number of imidazole rings is 1. The number of nitrogens with one attached hydrogen (secondary N) is 1. The molecule has 2 aromatic heterocycles. The fourth-order valence-corrected chi connectivity index (χ4v) is 3.19. The normalized spacial score (nSPS) is 10.9. The van der Waals surface area contributed by atoms with Gasteiger partial charge in [-0.15, -0.1) is 0 Å². The first-order valence-corrected chi connectivity index (χ1v) is 8.96. The summed E-state index contributed by atoms with van der Waals surface area (Å²) in [5.41, 5.74) is 3.50. The van der Waals surface area contributed by atoms with Crippen molar-refractivity contribution in [1.82, 2.24) is 19.9 Å². The van der Waals surface area contributed by atoms with Crippen LogP contribution in [0, 0.1) is 0 Å². The zero-order valence-corrected chi connectivity index (χ0v) is 15.2. The van der Waals surface area contributed by atoms with Gasteiger partial charge >= 0.3 is 0 Å². The van der Waals surface area contributed by atoms with Crippen molar-refractivity contribution in [3.05, 3.63) is 83.6 Å². The third-order valence-electron chi connectivity index (χ3n) is 4.31. The van der Waals surface area contributed by atoms with Crippen LogP contribution in [0.3, 0.4) is 0 Å². The van der Waals surface area contributed by atoms with Gasteiger partial charge in [-0.05, 0) is 35.9 Å². The number of carbonyl (C=O) groups is 1. The molecule has 0 radical (unpaired) electrons. The highest BCUT2D eigenvalue weighted by Gasteiger charge is 2.15. The topological polar surface area (TPSA) is 59.8 Å². The van der Waals surface area contributed by atoms with Crippen LogP contribution < -0.4 is 5.32 Å². The van der Waals surface area contributed by atoms with Crippen molar-refractivity contribution in [2.45, 2.75) is 13.1 Å². The molecule has 0 fully saturated rings. The van der Waals surface area contributed by atoms with Gasteiger partial charge in [0.1, 0.15) is 12.4 Å². The molecule has 2 aromatic carbocycles. The third kappa shape index (κ3) is 3.68. The Kier molecular flexibility index (Phi) is 4.85. The van der Waals surface area contributed by atoms with E-state index in [9.17, 15) is 4.79 Å². The number of hydrogen-bond donors (Lipinski definition) is 1. The van der Waals surface area contributed by atoms with Gasteiger partial charge in [0.15, 0.2) is 0 Å². The van der Waals surface area contributed by atoms with Crippen molar-refractivity contribution in [2.24, 2.45) is 0 Å². The highest BCUT2D eigenvalue weighted by Crippen LogP contribution is 2.24. The minimum absolute atomic E-state index is 0.108. The molecule has 0 spiro atoms. The fraction of sp³-hybridized carbons (Fsp3) is 0.0952. The van der Waals surface area contributed by atoms with E-state index >= 15 is 0 Å². The maximum atomic E-state index is 12.6. The van der Waals surface area contributed by atoms with Gasteiger partial charge in [0, 0.05) is 29.5 Å². The van der Waals surface area contributed by atoms with Crippen LogP contribution in [0.25, 0.3) is 22.4 Å². The average Bonchev–Trinajstić information content (AvgIpc) is 3.06. The van der Waals surface area contributed by atoms with Gasteiger partial charge in [0.2, 0.25) is 5.91 Å². The minimum Gasteiger partial charge on any atom is -0.350 e. The second kappa shape index (κ2) is 7.60. The summed E-state index contributed by atoms with van der Waals surface area (Å²) in [6.07, 6.45) is 3.46. The lowest BCUT2D eigenvalue weighted by atomic mass is 10.2. The molecule has 0 aliphatic heterocycles. The molecule has 1 N–H and O–H groups in total. The number of fused-ring (bicyclic) bond motifs is 1. The van der Waals surface area contributed by atoms with Gasteiger partial charge in [0.25, 0.3) is 0 Å². The molecule has 0 unspecified atom stereocenters. The lowest BCUT2D eigenvalue weighted by Crippen LogP contribution is -2.27. The molecule has 0 atom stereocenters. The van der Waals surface area contributed by atoms with Crippen LogP contribution in [-0.4, -0.2) is 20.4 Å². The highest BCUT2D eigenvalue weighted by atomic mass is 35.5. The first-order valence-electron chi connectivity index (χ1n) is 8.58. The van der Waals surface area contributed by atoms with E-state index in [1.54, 1.807) is 12.4 Å². The van der Waals surface area contributed by atoms with Gasteiger partial charge in [-0.1, -0.05) is 41.9 Å². The van der Waals surface area contributed by atoms with E-state index in [0.29, 0.717) is 11.6 Å². The number of hydrogen-bond acceptors (Lipinski definition) is 3. The second-order valence-corrected chi connectivity index (χ2v) is 6.53. The van der Waals surface area contributed by atoms with Crippen molar-refractivity contribution < 1.29 is 4.79 Å². The molecule has 6 heteroatoms. The summed E-state index contributed by atoms with van der Waals surface area (Å²) in [5.74, 6) is 0.611. The molecule has 0 aliphatic rings. The van der Waals surface area contributed by atoms with Crippen molar-refractivity contribution in [2.75, 3.05) is 0 Å². The summed E-state index contributed by atoms with van der Waals surface area (Å²) in [5, 5.41) is 3.57. The van der Waals surface area contributed by atoms with Crippen LogP contribution in [0.1, 0.15) is 5.56 Å². The van der Waals surface area contributed by atoms with Gasteiger partial charge < -0.3 is 9.88 Å². The van der Waals surface area contributed by atoms with Crippen LogP contribution in [0.15, 0.2) is 73.1 Å². The number of para-hydroxylation sites is 2. The van der Waals surface area contributed by atoms with E-state index in [-0.39, 0.29) is 12.5 Å². The van der Waals surface area contributed by atoms with Crippen LogP contribution >= 0.6 is 11.6 Å². The quantitative estimate of drug-likeness (QED) is 0.571. The summed E-state index contributed by atoms with van der Waals surface area (Å²) >= 11 is 6.16. The number of amides is 1. The fourth-order valence-electron chi connectivity index (χ4n) is 2.99. The zero-order valence-electron chi connectivity index (χ0n) is 14.5. The van der Waals surface area contributed by atoms with Gasteiger partial charge in [-0.3, -0.25) is 9.78 Å². The number of aromatic nitrogens is 3. The van der Waals surface area contributed by atoms with E-state index < -0.39 is 0 Å². The number of nitrogens with zero attached hydrogens (tertiary/aromatic N) is 3. The predicted octanol–water partition coefficient (Wildman–Crippen LogP) is 4.07. The molecule has 1 amide bonds. The van der Waals surface area contributed by atoms with Crippen molar-refractivity contribution in [1.29, 1.82) is 0 Å². The SMILES string of the molecule is O=C(Cn1c(-c2cccnc2)nc2ccccc21)NCc1ccccc1Cl. The molecular formula is C21H17ClN4O. The largest absolute Gasteiger partial charge is 0.350 e. The number of benzene rings is 2. The van der Waals surface area contributed by atoms with E-state index in [0.717, 1.165) is 28.0 Å². The summed E-state index contributed by atoms with van der Waals surface area (Å²) in [7, 11) is 0. The Morgan fingerprint density at radius 2 is 1.85 bits per heavy atom. The van der Waals surface area contributed by atoms with Crippen molar-refractivity contribution in [3.63, 3.8) is 0 Å². The Bertz CT molecular complexity index is 1090. The Labute approximate surface area is 161 Å². The van der Waals surface area contributed by atoms with E-state index in [1.807, 2.05) is 65.2 Å². The Hall–Kier alpha value is -3.18. The second-order valence-electron chi connectivity index (χ2n) is 6.12. The molecule has 27 heavy (non-hydrogen) atoms. The number of halogens is 1. The van der Waals surface area contributed by atoms with E-state index in [1.165, 1.54) is 0 Å². The monoisotopic (exact) mass is 376 g/mol. The molecule has 2 heterocycles. The van der Waals surface area contributed by atoms with E-state index in [2.05, 4.69) is 10.3 Å². The maximum Gasteiger partial charge on any atom is 0.240 e. The van der Waals surface area contributed by atoms with Crippen molar-refractivity contribution >= 4 is 28.5 Å². The van der Waals surface area contributed by atoms with Crippen LogP contribution in [0.2, 0.25) is 5.02 Å². The molecule has 5 nitrogen and oxygen atoms in total. The van der Waals surface area contributed by atoms with Crippen LogP contribution in [0.5, 0.6) is 0 Å². The minimum atomic E-state index is -0.108. The van der Waals surface area contributed by atoms with E-state index in [4.69, 9.17) is 16.6 Å². The molecule has 4 rings (SSSR count). The average molecular weight is 377 g/mol. The van der Waals surface area contributed by atoms with Gasteiger partial charge in [0.05, 0.1) is 11.0 Å². The maximum absolute atomic E-state index is 12.6. The zero-order chi connectivity index (χ0) is 18.6.